The molecule has 0 unspecified atom stereocenters. The summed E-state index contributed by atoms with van der Waals surface area (Å²) in [6, 6.07) is 4.18. The molecule has 0 spiro atoms. The SMILES string of the molecule is O=C(O)c1cn2nc(Oc3ncc(Cl)cc3OCC(F)F)ccc2n1. The van der Waals surface area contributed by atoms with Crippen LogP contribution in [-0.4, -0.2) is 43.7 Å². The molecule has 3 aromatic rings. The molecule has 0 aromatic carbocycles. The van der Waals surface area contributed by atoms with Crippen molar-refractivity contribution in [3.05, 3.63) is 41.3 Å². The lowest BCUT2D eigenvalue weighted by atomic mass is 10.4. The van der Waals surface area contributed by atoms with Crippen LogP contribution in [-0.2, 0) is 0 Å². The molecule has 3 rings (SSSR count). The average Bonchev–Trinajstić information content (AvgIpc) is 2.98. The minimum Gasteiger partial charge on any atom is -0.482 e. The van der Waals surface area contributed by atoms with E-state index in [1.54, 1.807) is 0 Å². The van der Waals surface area contributed by atoms with Gasteiger partial charge in [-0.1, -0.05) is 11.6 Å². The Kier molecular flexibility index (Phi) is 4.61. The molecule has 8 nitrogen and oxygen atoms in total. The Morgan fingerprint density at radius 3 is 2.92 bits per heavy atom. The summed E-state index contributed by atoms with van der Waals surface area (Å²) in [5.74, 6) is -1.37. The van der Waals surface area contributed by atoms with Crippen LogP contribution in [0.4, 0.5) is 8.78 Å². The lowest BCUT2D eigenvalue weighted by Gasteiger charge is -2.11. The van der Waals surface area contributed by atoms with Crippen molar-refractivity contribution in [2.75, 3.05) is 6.61 Å². The zero-order valence-corrected chi connectivity index (χ0v) is 13.0. The molecule has 0 saturated carbocycles. The molecule has 0 aliphatic heterocycles. The van der Waals surface area contributed by atoms with E-state index < -0.39 is 19.0 Å². The van der Waals surface area contributed by atoms with Crippen LogP contribution in [0.3, 0.4) is 0 Å². The highest BCUT2D eigenvalue weighted by Gasteiger charge is 2.14. The number of hydrogen-bond acceptors (Lipinski definition) is 6. The predicted octanol–water partition coefficient (Wildman–Crippen LogP) is 2.91. The number of imidazole rings is 1. The van der Waals surface area contributed by atoms with Gasteiger partial charge in [0, 0.05) is 18.3 Å². The maximum absolute atomic E-state index is 12.3. The van der Waals surface area contributed by atoms with E-state index in [4.69, 9.17) is 26.2 Å². The number of aromatic carboxylic acids is 1. The molecule has 0 aliphatic carbocycles. The third-order valence-electron chi connectivity index (χ3n) is 2.87. The molecule has 3 aromatic heterocycles. The molecular formula is C14H9ClF2N4O4. The van der Waals surface area contributed by atoms with E-state index in [2.05, 4.69) is 15.1 Å². The summed E-state index contributed by atoms with van der Waals surface area (Å²) in [6.07, 6.45) is -0.222. The number of hydrogen-bond donors (Lipinski definition) is 1. The second-order valence-electron chi connectivity index (χ2n) is 4.67. The molecule has 0 bridgehead atoms. The Morgan fingerprint density at radius 1 is 1.40 bits per heavy atom. The van der Waals surface area contributed by atoms with E-state index in [1.807, 2.05) is 0 Å². The van der Waals surface area contributed by atoms with Gasteiger partial charge in [0.15, 0.2) is 17.1 Å². The number of fused-ring (bicyclic) bond motifs is 1. The number of aromatic nitrogens is 4. The fourth-order valence-corrected chi connectivity index (χ4v) is 2.01. The molecule has 25 heavy (non-hydrogen) atoms. The van der Waals surface area contributed by atoms with Gasteiger partial charge in [0.05, 0.1) is 11.2 Å². The average molecular weight is 371 g/mol. The maximum Gasteiger partial charge on any atom is 0.356 e. The smallest absolute Gasteiger partial charge is 0.356 e. The summed E-state index contributed by atoms with van der Waals surface area (Å²) in [5, 5.41) is 13.1. The summed E-state index contributed by atoms with van der Waals surface area (Å²) in [4.78, 5) is 18.6. The molecule has 11 heteroatoms. The van der Waals surface area contributed by atoms with Crippen molar-refractivity contribution in [3.63, 3.8) is 0 Å². The van der Waals surface area contributed by atoms with Gasteiger partial charge >= 0.3 is 5.97 Å². The van der Waals surface area contributed by atoms with Crippen LogP contribution in [0.1, 0.15) is 10.5 Å². The highest BCUT2D eigenvalue weighted by atomic mass is 35.5. The topological polar surface area (TPSA) is 98.8 Å². The second-order valence-corrected chi connectivity index (χ2v) is 5.10. The number of rotatable bonds is 6. The van der Waals surface area contributed by atoms with Gasteiger partial charge in [0.25, 0.3) is 12.3 Å². The molecule has 0 amide bonds. The standard InChI is InChI=1S/C14H9ClF2N4O4/c15-7-3-9(24-6-10(16)17)13(18-4-7)25-12-2-1-11-19-8(14(22)23)5-21(11)20-12/h1-5,10H,6H2,(H,22,23). The first-order valence-corrected chi connectivity index (χ1v) is 7.14. The zero-order chi connectivity index (χ0) is 18.0. The van der Waals surface area contributed by atoms with E-state index in [9.17, 15) is 13.6 Å². The van der Waals surface area contributed by atoms with Gasteiger partial charge in [0.1, 0.15) is 6.61 Å². The van der Waals surface area contributed by atoms with Gasteiger partial charge in [-0.3, -0.25) is 0 Å². The first kappa shape index (κ1) is 16.8. The molecule has 3 heterocycles. The lowest BCUT2D eigenvalue weighted by molar-refractivity contribution is 0.0691. The summed E-state index contributed by atoms with van der Waals surface area (Å²) < 4.78 is 36.2. The summed E-state index contributed by atoms with van der Waals surface area (Å²) in [5.41, 5.74) is 0.109. The number of pyridine rings is 1. The zero-order valence-electron chi connectivity index (χ0n) is 12.3. The Labute approximate surface area is 143 Å². The second kappa shape index (κ2) is 6.85. The monoisotopic (exact) mass is 370 g/mol. The maximum atomic E-state index is 12.3. The molecular weight excluding hydrogens is 362 g/mol. The van der Waals surface area contributed by atoms with Crippen molar-refractivity contribution in [2.24, 2.45) is 0 Å². The van der Waals surface area contributed by atoms with E-state index in [0.717, 1.165) is 0 Å². The fraction of sp³-hybridized carbons (Fsp3) is 0.143. The van der Waals surface area contributed by atoms with Gasteiger partial charge < -0.3 is 14.6 Å². The van der Waals surface area contributed by atoms with Crippen molar-refractivity contribution >= 4 is 23.2 Å². The van der Waals surface area contributed by atoms with Gasteiger partial charge in [-0.25, -0.2) is 28.1 Å². The Morgan fingerprint density at radius 2 is 2.20 bits per heavy atom. The highest BCUT2D eigenvalue weighted by Crippen LogP contribution is 2.31. The number of halogens is 3. The third-order valence-corrected chi connectivity index (χ3v) is 3.07. The van der Waals surface area contributed by atoms with Crippen LogP contribution in [0, 0.1) is 0 Å². The first-order chi connectivity index (χ1) is 11.9. The van der Waals surface area contributed by atoms with Crippen LogP contribution >= 0.6 is 11.6 Å². The van der Waals surface area contributed by atoms with Gasteiger partial charge in [-0.05, 0) is 6.07 Å². The van der Waals surface area contributed by atoms with E-state index >= 15 is 0 Å². The van der Waals surface area contributed by atoms with Crippen molar-refractivity contribution in [1.29, 1.82) is 0 Å². The largest absolute Gasteiger partial charge is 0.482 e. The van der Waals surface area contributed by atoms with Crippen LogP contribution in [0.2, 0.25) is 5.02 Å². The quantitative estimate of drug-likeness (QED) is 0.712. The molecule has 0 atom stereocenters. The van der Waals surface area contributed by atoms with Crippen LogP contribution in [0.25, 0.3) is 5.65 Å². The number of carbonyl (C=O) groups is 1. The summed E-state index contributed by atoms with van der Waals surface area (Å²) in [6.45, 7) is -0.853. The number of alkyl halides is 2. The van der Waals surface area contributed by atoms with Crippen molar-refractivity contribution in [3.8, 4) is 17.5 Å². The van der Waals surface area contributed by atoms with Crippen molar-refractivity contribution < 1.29 is 28.2 Å². The molecule has 0 aliphatic rings. The molecule has 0 saturated heterocycles. The molecule has 0 radical (unpaired) electrons. The van der Waals surface area contributed by atoms with Gasteiger partial charge in [0.2, 0.25) is 5.88 Å². The summed E-state index contributed by atoms with van der Waals surface area (Å²) in [7, 11) is 0. The number of carboxylic acids is 1. The first-order valence-electron chi connectivity index (χ1n) is 6.76. The molecule has 130 valence electrons. The van der Waals surface area contributed by atoms with E-state index in [1.165, 1.54) is 35.1 Å². The van der Waals surface area contributed by atoms with E-state index in [0.29, 0.717) is 5.65 Å². The van der Waals surface area contributed by atoms with Gasteiger partial charge in [-0.15, -0.1) is 5.10 Å². The van der Waals surface area contributed by atoms with Crippen LogP contribution in [0.15, 0.2) is 30.6 Å². The van der Waals surface area contributed by atoms with Crippen molar-refractivity contribution in [2.45, 2.75) is 6.43 Å². The Hall–Kier alpha value is -3.01. The van der Waals surface area contributed by atoms with Crippen LogP contribution < -0.4 is 9.47 Å². The number of nitrogens with zero attached hydrogens (tertiary/aromatic N) is 4. The van der Waals surface area contributed by atoms with Crippen LogP contribution in [0.5, 0.6) is 17.5 Å². The highest BCUT2D eigenvalue weighted by molar-refractivity contribution is 6.30. The normalized spacial score (nSPS) is 11.0. The predicted molar refractivity (Wildman–Crippen MR) is 80.8 cm³/mol. The van der Waals surface area contributed by atoms with Crippen molar-refractivity contribution in [1.82, 2.24) is 19.6 Å². The minimum absolute atomic E-state index is 0.0264. The fourth-order valence-electron chi connectivity index (χ4n) is 1.86. The summed E-state index contributed by atoms with van der Waals surface area (Å²) >= 11 is 5.78. The Balaban J connectivity index is 1.88. The third kappa shape index (κ3) is 3.91. The minimum atomic E-state index is -2.68. The number of carboxylic acid groups (broad SMARTS) is 1. The van der Waals surface area contributed by atoms with Gasteiger partial charge in [-0.2, -0.15) is 0 Å². The molecule has 0 fully saturated rings. The lowest BCUT2D eigenvalue weighted by Crippen LogP contribution is -2.08. The van der Waals surface area contributed by atoms with E-state index in [-0.39, 0.29) is 28.2 Å². The Bertz CT molecular complexity index is 934. The number of ether oxygens (including phenoxy) is 2. The molecule has 1 N–H and O–H groups in total.